The maximum atomic E-state index is 13.8. The Hall–Kier alpha value is -3.21. The Morgan fingerprint density at radius 2 is 1.95 bits per heavy atom. The SMILES string of the molecule is CNS(=O)(=O)c1cccc([C@@H](C)N2C(=O)[C@H]3C[C@@H]2CN3C[C@H](NC(=O)OC(C)(C)C)C(=O)N2[C@H](C#N)C[C@@H]3C[C@@H]32)c1. The molecule has 1 saturated carbocycles. The van der Waals surface area contributed by atoms with Crippen LogP contribution in [0, 0.1) is 17.2 Å². The van der Waals surface area contributed by atoms with Gasteiger partial charge < -0.3 is 19.9 Å². The lowest BCUT2D eigenvalue weighted by Gasteiger charge is -2.39. The number of carbonyl (C=O) groups is 3. The number of ether oxygens (including phenoxy) is 1. The smallest absolute Gasteiger partial charge is 0.408 e. The topological polar surface area (TPSA) is 152 Å². The van der Waals surface area contributed by atoms with E-state index in [1.165, 1.54) is 13.1 Å². The number of piperazine rings is 1. The van der Waals surface area contributed by atoms with Gasteiger partial charge in [0.1, 0.15) is 17.7 Å². The van der Waals surface area contributed by atoms with Crippen LogP contribution in [-0.4, -0.2) is 97.0 Å². The molecule has 1 aliphatic carbocycles. The highest BCUT2D eigenvalue weighted by atomic mass is 32.2. The highest BCUT2D eigenvalue weighted by molar-refractivity contribution is 7.89. The van der Waals surface area contributed by atoms with Crippen LogP contribution in [0.5, 0.6) is 0 Å². The minimum atomic E-state index is -3.63. The van der Waals surface area contributed by atoms with Crippen molar-refractivity contribution in [3.05, 3.63) is 29.8 Å². The molecule has 2 N–H and O–H groups in total. The molecule has 4 aliphatic rings. The largest absolute Gasteiger partial charge is 0.444 e. The summed E-state index contributed by atoms with van der Waals surface area (Å²) >= 11 is 0. The van der Waals surface area contributed by atoms with Crippen LogP contribution in [0.3, 0.4) is 0 Å². The number of alkyl carbamates (subject to hydrolysis) is 1. The van der Waals surface area contributed by atoms with E-state index >= 15 is 0 Å². The number of likely N-dealkylation sites (tertiary alicyclic amines) is 3. The van der Waals surface area contributed by atoms with Gasteiger partial charge in [0.05, 0.1) is 23.0 Å². The third-order valence-electron chi connectivity index (χ3n) is 8.57. The van der Waals surface area contributed by atoms with E-state index in [1.54, 1.807) is 42.7 Å². The van der Waals surface area contributed by atoms with Gasteiger partial charge in [0.2, 0.25) is 21.8 Å². The van der Waals surface area contributed by atoms with E-state index in [-0.39, 0.29) is 41.4 Å². The molecule has 41 heavy (non-hydrogen) atoms. The molecule has 222 valence electrons. The number of fused-ring (bicyclic) bond motifs is 3. The van der Waals surface area contributed by atoms with E-state index < -0.39 is 39.8 Å². The van der Waals surface area contributed by atoms with E-state index in [4.69, 9.17) is 4.74 Å². The molecular weight excluding hydrogens is 548 g/mol. The number of carbonyl (C=O) groups excluding carboxylic acids is 3. The zero-order chi connectivity index (χ0) is 29.9. The van der Waals surface area contributed by atoms with Crippen LogP contribution in [0.4, 0.5) is 4.79 Å². The van der Waals surface area contributed by atoms with Gasteiger partial charge in [0.15, 0.2) is 0 Å². The van der Waals surface area contributed by atoms with Crippen molar-refractivity contribution in [2.24, 2.45) is 5.92 Å². The number of nitrogens with zero attached hydrogens (tertiary/aromatic N) is 4. The number of benzene rings is 1. The van der Waals surface area contributed by atoms with Crippen LogP contribution < -0.4 is 10.0 Å². The highest BCUT2D eigenvalue weighted by Gasteiger charge is 2.56. The summed E-state index contributed by atoms with van der Waals surface area (Å²) in [4.78, 5) is 45.6. The fourth-order valence-electron chi connectivity index (χ4n) is 6.56. The molecule has 3 saturated heterocycles. The summed E-state index contributed by atoms with van der Waals surface area (Å²) in [6, 6.07) is 6.37. The number of amides is 3. The first kappa shape index (κ1) is 29.3. The Balaban J connectivity index is 1.31. The first-order valence-electron chi connectivity index (χ1n) is 14.0. The van der Waals surface area contributed by atoms with Gasteiger partial charge in [-0.15, -0.1) is 0 Å². The standard InChI is InChI=1S/C28H38N6O6S/c1-16(17-7-6-8-21(10-17)41(38,39)30-5)33-20-12-24(26(33)36)32(14-20)15-22(31-27(37)40-28(2,3)4)25(35)34-19(13-29)9-18-11-23(18)34/h6-8,10,16,18-20,22-24,30H,9,11-12,14-15H2,1-5H3,(H,31,37)/t16-,18-,19+,20-,22+,23+,24-/m1/s1. The lowest BCUT2D eigenvalue weighted by Crippen LogP contribution is -2.59. The fraction of sp³-hybridized carbons (Fsp3) is 0.643. The van der Waals surface area contributed by atoms with Crippen LogP contribution in [-0.2, 0) is 24.3 Å². The quantitative estimate of drug-likeness (QED) is 0.463. The molecule has 1 aromatic rings. The van der Waals surface area contributed by atoms with Crippen molar-refractivity contribution >= 4 is 27.9 Å². The number of hydrogen-bond acceptors (Lipinski definition) is 8. The van der Waals surface area contributed by atoms with Crippen LogP contribution in [0.15, 0.2) is 29.2 Å². The van der Waals surface area contributed by atoms with Crippen LogP contribution >= 0.6 is 0 Å². The number of sulfonamides is 1. The molecule has 3 heterocycles. The number of nitrogens with one attached hydrogen (secondary N) is 2. The van der Waals surface area contributed by atoms with Crippen molar-refractivity contribution < 1.29 is 27.5 Å². The summed E-state index contributed by atoms with van der Waals surface area (Å²) in [7, 11) is -2.28. The second-order valence-corrected chi connectivity index (χ2v) is 14.3. The summed E-state index contributed by atoms with van der Waals surface area (Å²) in [5.74, 6) is -0.0976. The monoisotopic (exact) mass is 586 g/mol. The van der Waals surface area contributed by atoms with Crippen molar-refractivity contribution in [2.45, 2.75) is 93.7 Å². The minimum Gasteiger partial charge on any atom is -0.444 e. The molecule has 3 amide bonds. The first-order chi connectivity index (χ1) is 19.2. The number of nitriles is 1. The maximum Gasteiger partial charge on any atom is 0.408 e. The Morgan fingerprint density at radius 1 is 1.22 bits per heavy atom. The van der Waals surface area contributed by atoms with Crippen molar-refractivity contribution in [1.82, 2.24) is 24.7 Å². The number of rotatable bonds is 8. The van der Waals surface area contributed by atoms with Crippen molar-refractivity contribution in [2.75, 3.05) is 20.1 Å². The molecule has 0 radical (unpaired) electrons. The second kappa shape index (κ2) is 10.6. The third-order valence-corrected chi connectivity index (χ3v) is 9.98. The lowest BCUT2D eigenvalue weighted by molar-refractivity contribution is -0.141. The molecule has 4 fully saturated rings. The van der Waals surface area contributed by atoms with Gasteiger partial charge in [-0.2, -0.15) is 5.26 Å². The lowest BCUT2D eigenvalue weighted by atomic mass is 10.1. The molecule has 0 unspecified atom stereocenters. The average Bonchev–Trinajstić information content (AvgIpc) is 3.23. The Bertz CT molecular complexity index is 1390. The van der Waals surface area contributed by atoms with E-state index in [0.29, 0.717) is 30.9 Å². The Labute approximate surface area is 241 Å². The summed E-state index contributed by atoms with van der Waals surface area (Å²) in [6.07, 6.45) is 1.35. The molecule has 12 nitrogen and oxygen atoms in total. The zero-order valence-corrected chi connectivity index (χ0v) is 24.8. The Morgan fingerprint density at radius 3 is 2.59 bits per heavy atom. The normalized spacial score (nSPS) is 28.7. The third kappa shape index (κ3) is 5.65. The van der Waals surface area contributed by atoms with Crippen LogP contribution in [0.25, 0.3) is 0 Å². The second-order valence-electron chi connectivity index (χ2n) is 12.4. The van der Waals surface area contributed by atoms with Gasteiger partial charge in [-0.1, -0.05) is 12.1 Å². The van der Waals surface area contributed by atoms with Crippen LogP contribution in [0.2, 0.25) is 0 Å². The molecule has 1 aromatic carbocycles. The molecule has 0 spiro atoms. The van der Waals surface area contributed by atoms with Gasteiger partial charge in [-0.3, -0.25) is 14.5 Å². The summed E-state index contributed by atoms with van der Waals surface area (Å²) in [5, 5.41) is 12.4. The molecule has 0 aromatic heterocycles. The molecule has 5 rings (SSSR count). The fourth-order valence-corrected chi connectivity index (χ4v) is 7.34. The number of hydrogen-bond donors (Lipinski definition) is 2. The average molecular weight is 587 g/mol. The summed E-state index contributed by atoms with van der Waals surface area (Å²) in [6.45, 7) is 7.72. The Kier molecular flexibility index (Phi) is 7.55. The molecular formula is C28H38N6O6S. The van der Waals surface area contributed by atoms with Crippen molar-refractivity contribution in [3.63, 3.8) is 0 Å². The summed E-state index contributed by atoms with van der Waals surface area (Å²) in [5.41, 5.74) is -0.0467. The zero-order valence-electron chi connectivity index (χ0n) is 24.0. The minimum absolute atomic E-state index is 0.0191. The van der Waals surface area contributed by atoms with Crippen LogP contribution in [0.1, 0.15) is 58.6 Å². The molecule has 7 atom stereocenters. The van der Waals surface area contributed by atoms with E-state index in [0.717, 1.165) is 6.42 Å². The van der Waals surface area contributed by atoms with Gasteiger partial charge in [0.25, 0.3) is 0 Å². The highest BCUT2D eigenvalue weighted by Crippen LogP contribution is 2.48. The van der Waals surface area contributed by atoms with Gasteiger partial charge in [-0.25, -0.2) is 17.9 Å². The van der Waals surface area contributed by atoms with Gasteiger partial charge >= 0.3 is 6.09 Å². The van der Waals surface area contributed by atoms with E-state index in [2.05, 4.69) is 16.1 Å². The van der Waals surface area contributed by atoms with E-state index in [9.17, 15) is 28.1 Å². The molecule has 2 bridgehead atoms. The van der Waals surface area contributed by atoms with E-state index in [1.807, 2.05) is 17.9 Å². The van der Waals surface area contributed by atoms with Gasteiger partial charge in [0, 0.05) is 25.2 Å². The van der Waals surface area contributed by atoms with Gasteiger partial charge in [-0.05, 0) is 77.6 Å². The maximum absolute atomic E-state index is 13.8. The predicted molar refractivity (Wildman–Crippen MR) is 148 cm³/mol. The summed E-state index contributed by atoms with van der Waals surface area (Å²) < 4.78 is 32.4. The van der Waals surface area contributed by atoms with Crippen molar-refractivity contribution in [1.29, 1.82) is 5.26 Å². The first-order valence-corrected chi connectivity index (χ1v) is 15.5. The molecule has 13 heteroatoms. The predicted octanol–water partition coefficient (Wildman–Crippen LogP) is 1.35. The molecule has 3 aliphatic heterocycles. The number of piperidine rings is 1. The van der Waals surface area contributed by atoms with Crippen molar-refractivity contribution in [3.8, 4) is 6.07 Å².